The van der Waals surface area contributed by atoms with E-state index in [-0.39, 0.29) is 17.4 Å². The van der Waals surface area contributed by atoms with Crippen LogP contribution in [-0.4, -0.2) is 24.2 Å². The van der Waals surface area contributed by atoms with Gasteiger partial charge in [0, 0.05) is 18.7 Å². The molecule has 0 aliphatic heterocycles. The summed E-state index contributed by atoms with van der Waals surface area (Å²) in [7, 11) is 0. The Morgan fingerprint density at radius 1 is 1.59 bits per heavy atom. The number of nitro benzene ring substituents is 1. The number of halogens is 1. The van der Waals surface area contributed by atoms with Gasteiger partial charge in [-0.3, -0.25) is 10.1 Å². The van der Waals surface area contributed by atoms with Crippen molar-refractivity contribution in [2.24, 2.45) is 0 Å². The summed E-state index contributed by atoms with van der Waals surface area (Å²) in [5, 5.41) is 13.3. The van der Waals surface area contributed by atoms with Crippen LogP contribution in [0.5, 0.6) is 0 Å². The summed E-state index contributed by atoms with van der Waals surface area (Å²) in [5.74, 6) is -0.637. The van der Waals surface area contributed by atoms with Crippen molar-refractivity contribution in [1.82, 2.24) is 0 Å². The van der Waals surface area contributed by atoms with Crippen molar-refractivity contribution in [1.29, 1.82) is 0 Å². The highest BCUT2D eigenvalue weighted by Gasteiger charge is 2.12. The lowest BCUT2D eigenvalue weighted by Crippen LogP contribution is -2.22. The van der Waals surface area contributed by atoms with Crippen LogP contribution < -0.4 is 5.32 Å². The monoisotopic (exact) mass is 242 g/mol. The lowest BCUT2D eigenvalue weighted by Gasteiger charge is -2.15. The number of non-ortho nitro benzene ring substituents is 1. The molecular formula is C11H15FN2O3. The molecule has 6 heteroatoms. The SMILES string of the molecule is CCOCC(C)Nc1ccc([N+](=O)[O-])cc1F. The van der Waals surface area contributed by atoms with E-state index in [1.165, 1.54) is 12.1 Å². The van der Waals surface area contributed by atoms with E-state index in [2.05, 4.69) is 5.32 Å². The van der Waals surface area contributed by atoms with Gasteiger partial charge < -0.3 is 10.1 Å². The number of nitrogens with one attached hydrogen (secondary N) is 1. The summed E-state index contributed by atoms with van der Waals surface area (Å²) in [6.45, 7) is 4.76. The Morgan fingerprint density at radius 3 is 2.82 bits per heavy atom. The third-order valence-electron chi connectivity index (χ3n) is 2.14. The predicted molar refractivity (Wildman–Crippen MR) is 62.6 cm³/mol. The minimum Gasteiger partial charge on any atom is -0.380 e. The number of hydrogen-bond acceptors (Lipinski definition) is 4. The zero-order valence-corrected chi connectivity index (χ0v) is 9.77. The first kappa shape index (κ1) is 13.4. The standard InChI is InChI=1S/C11H15FN2O3/c1-3-17-7-8(2)13-11-5-4-9(14(15)16)6-10(11)12/h4-6,8,13H,3,7H2,1-2H3. The maximum absolute atomic E-state index is 13.5. The van der Waals surface area contributed by atoms with Crippen LogP contribution in [0, 0.1) is 15.9 Å². The Kier molecular flexibility index (Phi) is 4.84. The summed E-state index contributed by atoms with van der Waals surface area (Å²) < 4.78 is 18.7. The first-order valence-electron chi connectivity index (χ1n) is 5.32. The van der Waals surface area contributed by atoms with E-state index in [0.717, 1.165) is 6.07 Å². The third-order valence-corrected chi connectivity index (χ3v) is 2.14. The van der Waals surface area contributed by atoms with Crippen LogP contribution in [0.2, 0.25) is 0 Å². The molecule has 1 unspecified atom stereocenters. The van der Waals surface area contributed by atoms with Gasteiger partial charge >= 0.3 is 0 Å². The Morgan fingerprint density at radius 2 is 2.29 bits per heavy atom. The minimum atomic E-state index is -0.637. The molecule has 1 N–H and O–H groups in total. The molecule has 0 spiro atoms. The van der Waals surface area contributed by atoms with Crippen molar-refractivity contribution in [3.05, 3.63) is 34.1 Å². The molecule has 0 saturated carbocycles. The molecule has 5 nitrogen and oxygen atoms in total. The quantitative estimate of drug-likeness (QED) is 0.615. The molecule has 0 fully saturated rings. The van der Waals surface area contributed by atoms with Crippen LogP contribution in [-0.2, 0) is 4.74 Å². The van der Waals surface area contributed by atoms with Crippen LogP contribution in [0.25, 0.3) is 0 Å². The van der Waals surface area contributed by atoms with Crippen molar-refractivity contribution >= 4 is 11.4 Å². The van der Waals surface area contributed by atoms with Gasteiger partial charge in [0.25, 0.3) is 5.69 Å². The average Bonchev–Trinajstić information content (AvgIpc) is 2.28. The van der Waals surface area contributed by atoms with E-state index in [4.69, 9.17) is 4.74 Å². The Bertz CT molecular complexity index is 398. The molecule has 0 saturated heterocycles. The topological polar surface area (TPSA) is 64.4 Å². The highest BCUT2D eigenvalue weighted by atomic mass is 19.1. The second-order valence-electron chi connectivity index (χ2n) is 3.63. The molecule has 0 aliphatic carbocycles. The Balaban J connectivity index is 2.69. The number of ether oxygens (including phenoxy) is 1. The van der Waals surface area contributed by atoms with Crippen LogP contribution in [0.3, 0.4) is 0 Å². The van der Waals surface area contributed by atoms with Crippen molar-refractivity contribution in [2.75, 3.05) is 18.5 Å². The molecule has 17 heavy (non-hydrogen) atoms. The molecule has 1 aromatic carbocycles. The van der Waals surface area contributed by atoms with Gasteiger partial charge in [0.1, 0.15) is 0 Å². The number of anilines is 1. The molecule has 0 amide bonds. The molecular weight excluding hydrogens is 227 g/mol. The number of rotatable bonds is 6. The summed E-state index contributed by atoms with van der Waals surface area (Å²) in [6, 6.07) is 3.45. The van der Waals surface area contributed by atoms with Gasteiger partial charge in [0.2, 0.25) is 0 Å². The molecule has 0 bridgehead atoms. The molecule has 1 atom stereocenters. The van der Waals surface area contributed by atoms with E-state index < -0.39 is 10.7 Å². The summed E-state index contributed by atoms with van der Waals surface area (Å²) in [6.07, 6.45) is 0. The van der Waals surface area contributed by atoms with Gasteiger partial charge in [0.15, 0.2) is 5.82 Å². The highest BCUT2D eigenvalue weighted by molar-refractivity contribution is 5.50. The van der Waals surface area contributed by atoms with Gasteiger partial charge in [-0.25, -0.2) is 4.39 Å². The summed E-state index contributed by atoms with van der Waals surface area (Å²) in [4.78, 5) is 9.80. The van der Waals surface area contributed by atoms with E-state index in [9.17, 15) is 14.5 Å². The van der Waals surface area contributed by atoms with Gasteiger partial charge in [-0.2, -0.15) is 0 Å². The second-order valence-corrected chi connectivity index (χ2v) is 3.63. The normalized spacial score (nSPS) is 12.2. The van der Waals surface area contributed by atoms with E-state index in [0.29, 0.717) is 13.2 Å². The lowest BCUT2D eigenvalue weighted by atomic mass is 10.2. The molecule has 1 rings (SSSR count). The maximum Gasteiger partial charge on any atom is 0.272 e. The Labute approximate surface area is 98.7 Å². The number of benzene rings is 1. The number of nitrogens with zero attached hydrogens (tertiary/aromatic N) is 1. The first-order valence-corrected chi connectivity index (χ1v) is 5.32. The van der Waals surface area contributed by atoms with Crippen molar-refractivity contribution < 1.29 is 14.1 Å². The zero-order valence-electron chi connectivity index (χ0n) is 9.77. The van der Waals surface area contributed by atoms with Gasteiger partial charge in [-0.1, -0.05) is 0 Å². The highest BCUT2D eigenvalue weighted by Crippen LogP contribution is 2.20. The fourth-order valence-corrected chi connectivity index (χ4v) is 1.34. The van der Waals surface area contributed by atoms with Crippen LogP contribution >= 0.6 is 0 Å². The van der Waals surface area contributed by atoms with E-state index in [1.54, 1.807) is 0 Å². The van der Waals surface area contributed by atoms with E-state index >= 15 is 0 Å². The molecule has 0 radical (unpaired) electrons. The summed E-state index contributed by atoms with van der Waals surface area (Å²) >= 11 is 0. The third kappa shape index (κ3) is 3.99. The van der Waals surface area contributed by atoms with Crippen LogP contribution in [0.4, 0.5) is 15.8 Å². The average molecular weight is 242 g/mol. The van der Waals surface area contributed by atoms with Gasteiger partial charge in [-0.15, -0.1) is 0 Å². The predicted octanol–water partition coefficient (Wildman–Crippen LogP) is 2.57. The smallest absolute Gasteiger partial charge is 0.272 e. The zero-order chi connectivity index (χ0) is 12.8. The fourth-order valence-electron chi connectivity index (χ4n) is 1.34. The van der Waals surface area contributed by atoms with E-state index in [1.807, 2.05) is 13.8 Å². The van der Waals surface area contributed by atoms with Crippen molar-refractivity contribution in [3.63, 3.8) is 0 Å². The molecule has 1 aromatic rings. The van der Waals surface area contributed by atoms with Crippen LogP contribution in [0.1, 0.15) is 13.8 Å². The molecule has 0 heterocycles. The first-order chi connectivity index (χ1) is 8.04. The minimum absolute atomic E-state index is 0.0640. The molecule has 94 valence electrons. The number of hydrogen-bond donors (Lipinski definition) is 1. The summed E-state index contributed by atoms with van der Waals surface area (Å²) in [5.41, 5.74) is -0.0201. The number of nitro groups is 1. The molecule has 0 aromatic heterocycles. The van der Waals surface area contributed by atoms with Crippen molar-refractivity contribution in [3.8, 4) is 0 Å². The van der Waals surface area contributed by atoms with Gasteiger partial charge in [0.05, 0.1) is 23.3 Å². The van der Waals surface area contributed by atoms with Crippen molar-refractivity contribution in [2.45, 2.75) is 19.9 Å². The fraction of sp³-hybridized carbons (Fsp3) is 0.455. The largest absolute Gasteiger partial charge is 0.380 e. The van der Waals surface area contributed by atoms with Crippen LogP contribution in [0.15, 0.2) is 18.2 Å². The van der Waals surface area contributed by atoms with Gasteiger partial charge in [-0.05, 0) is 19.9 Å². The molecule has 0 aliphatic rings. The maximum atomic E-state index is 13.5. The Hall–Kier alpha value is -1.69. The lowest BCUT2D eigenvalue weighted by molar-refractivity contribution is -0.385. The second kappa shape index (κ2) is 6.15.